The molecular weight excluding hydrogens is 212 g/mol. The monoisotopic (exact) mass is 234 g/mol. The van der Waals surface area contributed by atoms with Crippen molar-refractivity contribution < 1.29 is 5.11 Å². The van der Waals surface area contributed by atoms with Crippen molar-refractivity contribution in [2.75, 3.05) is 19.6 Å². The second-order valence-electron chi connectivity index (χ2n) is 5.03. The maximum Gasteiger partial charge on any atom is 0.0953 e. The normalized spacial score (nSPS) is 20.4. The molecule has 94 valence electrons. The summed E-state index contributed by atoms with van der Waals surface area (Å²) in [6.45, 7) is 5.07. The van der Waals surface area contributed by atoms with Gasteiger partial charge in [-0.1, -0.05) is 29.8 Å². The molecule has 1 fully saturated rings. The number of rotatable bonds is 4. The number of hydrogen-bond acceptors (Lipinski definition) is 3. The van der Waals surface area contributed by atoms with E-state index >= 15 is 0 Å². The molecule has 0 radical (unpaired) electrons. The van der Waals surface area contributed by atoms with Crippen molar-refractivity contribution in [3.8, 4) is 0 Å². The minimum absolute atomic E-state index is 0.198. The number of nitrogens with two attached hydrogens (primary N) is 1. The summed E-state index contributed by atoms with van der Waals surface area (Å²) in [5.74, 6) is 0. The van der Waals surface area contributed by atoms with E-state index in [0.29, 0.717) is 0 Å². The van der Waals surface area contributed by atoms with Gasteiger partial charge in [-0.2, -0.15) is 0 Å². The molecule has 1 saturated heterocycles. The van der Waals surface area contributed by atoms with E-state index in [4.69, 9.17) is 5.73 Å². The maximum atomic E-state index is 10.2. The van der Waals surface area contributed by atoms with Gasteiger partial charge < -0.3 is 15.7 Å². The van der Waals surface area contributed by atoms with Crippen LogP contribution in [-0.4, -0.2) is 35.7 Å². The summed E-state index contributed by atoms with van der Waals surface area (Å²) in [7, 11) is 0. The summed E-state index contributed by atoms with van der Waals surface area (Å²) in [4.78, 5) is 2.34. The van der Waals surface area contributed by atoms with Crippen LogP contribution in [0.5, 0.6) is 0 Å². The summed E-state index contributed by atoms with van der Waals surface area (Å²) in [5.41, 5.74) is 8.20. The fraction of sp³-hybridized carbons (Fsp3) is 0.571. The Balaban J connectivity index is 1.93. The van der Waals surface area contributed by atoms with E-state index in [9.17, 15) is 5.11 Å². The van der Waals surface area contributed by atoms with Gasteiger partial charge in [0.1, 0.15) is 0 Å². The third kappa shape index (κ3) is 3.28. The molecule has 0 amide bonds. The summed E-state index contributed by atoms with van der Waals surface area (Å²) in [5, 5.41) is 10.2. The molecule has 3 heteroatoms. The number of nitrogens with zero attached hydrogens (tertiary/aromatic N) is 1. The van der Waals surface area contributed by atoms with Crippen LogP contribution in [0.25, 0.3) is 0 Å². The minimum atomic E-state index is -0.559. The molecule has 1 aliphatic rings. The van der Waals surface area contributed by atoms with Crippen LogP contribution in [0.2, 0.25) is 0 Å². The van der Waals surface area contributed by atoms with E-state index in [1.807, 2.05) is 31.2 Å². The van der Waals surface area contributed by atoms with Crippen LogP contribution in [0.3, 0.4) is 0 Å². The van der Waals surface area contributed by atoms with Gasteiger partial charge in [0.15, 0.2) is 0 Å². The smallest absolute Gasteiger partial charge is 0.0953 e. The molecule has 3 nitrogen and oxygen atoms in total. The van der Waals surface area contributed by atoms with Crippen LogP contribution in [0.1, 0.15) is 30.1 Å². The topological polar surface area (TPSA) is 49.5 Å². The number of aryl methyl sites for hydroxylation is 1. The van der Waals surface area contributed by atoms with Gasteiger partial charge in [0.05, 0.1) is 6.10 Å². The largest absolute Gasteiger partial charge is 0.387 e. The lowest BCUT2D eigenvalue weighted by Gasteiger charge is -2.24. The van der Waals surface area contributed by atoms with Crippen LogP contribution in [-0.2, 0) is 0 Å². The highest BCUT2D eigenvalue weighted by molar-refractivity contribution is 5.24. The molecule has 3 N–H and O–H groups in total. The number of benzene rings is 1. The molecule has 1 aromatic rings. The Kier molecular flexibility index (Phi) is 4.15. The Hall–Kier alpha value is -0.900. The molecule has 0 aliphatic carbocycles. The molecule has 0 bridgehead atoms. The van der Waals surface area contributed by atoms with Gasteiger partial charge in [-0.15, -0.1) is 0 Å². The van der Waals surface area contributed by atoms with Crippen LogP contribution >= 0.6 is 0 Å². The van der Waals surface area contributed by atoms with Crippen molar-refractivity contribution in [3.05, 3.63) is 35.4 Å². The SMILES string of the molecule is Cc1ccc([C@@H](O)[C@H](N)CN2CCCC2)cc1. The summed E-state index contributed by atoms with van der Waals surface area (Å²) in [6.07, 6.45) is 1.96. The van der Waals surface area contributed by atoms with Crippen molar-refractivity contribution >= 4 is 0 Å². The van der Waals surface area contributed by atoms with Crippen molar-refractivity contribution in [1.29, 1.82) is 0 Å². The van der Waals surface area contributed by atoms with Crippen LogP contribution < -0.4 is 5.73 Å². The molecule has 1 aromatic carbocycles. The summed E-state index contributed by atoms with van der Waals surface area (Å²) < 4.78 is 0. The quantitative estimate of drug-likeness (QED) is 0.829. The number of hydrogen-bond donors (Lipinski definition) is 2. The third-order valence-electron chi connectivity index (χ3n) is 3.49. The van der Waals surface area contributed by atoms with Gasteiger partial charge in [0.2, 0.25) is 0 Å². The minimum Gasteiger partial charge on any atom is -0.387 e. The molecule has 0 spiro atoms. The number of likely N-dealkylation sites (tertiary alicyclic amines) is 1. The zero-order valence-corrected chi connectivity index (χ0v) is 10.5. The Morgan fingerprint density at radius 3 is 2.41 bits per heavy atom. The first-order chi connectivity index (χ1) is 8.16. The Morgan fingerprint density at radius 1 is 1.24 bits per heavy atom. The zero-order valence-electron chi connectivity index (χ0n) is 10.5. The highest BCUT2D eigenvalue weighted by atomic mass is 16.3. The van der Waals surface area contributed by atoms with E-state index in [-0.39, 0.29) is 6.04 Å². The Morgan fingerprint density at radius 2 is 1.82 bits per heavy atom. The molecule has 1 heterocycles. The predicted molar refractivity (Wildman–Crippen MR) is 69.8 cm³/mol. The second kappa shape index (κ2) is 5.63. The van der Waals surface area contributed by atoms with E-state index < -0.39 is 6.10 Å². The molecular formula is C14H22N2O. The Bertz CT molecular complexity index is 344. The van der Waals surface area contributed by atoms with E-state index in [1.54, 1.807) is 0 Å². The highest BCUT2D eigenvalue weighted by Gasteiger charge is 2.21. The van der Waals surface area contributed by atoms with Crippen molar-refractivity contribution in [1.82, 2.24) is 4.90 Å². The van der Waals surface area contributed by atoms with Crippen LogP contribution in [0, 0.1) is 6.92 Å². The molecule has 1 aliphatic heterocycles. The van der Waals surface area contributed by atoms with E-state index in [2.05, 4.69) is 4.90 Å². The van der Waals surface area contributed by atoms with Crippen molar-refractivity contribution in [2.45, 2.75) is 31.9 Å². The van der Waals surface area contributed by atoms with Gasteiger partial charge in [-0.3, -0.25) is 0 Å². The Labute approximate surface area is 103 Å². The van der Waals surface area contributed by atoms with Crippen LogP contribution in [0.15, 0.2) is 24.3 Å². The number of aliphatic hydroxyl groups is 1. The lowest BCUT2D eigenvalue weighted by molar-refractivity contribution is 0.125. The zero-order chi connectivity index (χ0) is 12.3. The molecule has 0 aromatic heterocycles. The van der Waals surface area contributed by atoms with Crippen molar-refractivity contribution in [2.24, 2.45) is 5.73 Å². The van der Waals surface area contributed by atoms with Gasteiger partial charge in [0.25, 0.3) is 0 Å². The maximum absolute atomic E-state index is 10.2. The van der Waals surface area contributed by atoms with E-state index in [1.165, 1.54) is 18.4 Å². The fourth-order valence-electron chi connectivity index (χ4n) is 2.37. The van der Waals surface area contributed by atoms with Crippen molar-refractivity contribution in [3.63, 3.8) is 0 Å². The van der Waals surface area contributed by atoms with Gasteiger partial charge in [0, 0.05) is 12.6 Å². The lowest BCUT2D eigenvalue weighted by atomic mass is 10.0. The lowest BCUT2D eigenvalue weighted by Crippen LogP contribution is -2.40. The molecule has 0 saturated carbocycles. The van der Waals surface area contributed by atoms with E-state index in [0.717, 1.165) is 25.2 Å². The molecule has 0 unspecified atom stereocenters. The predicted octanol–water partition coefficient (Wildman–Crippen LogP) is 1.45. The van der Waals surface area contributed by atoms with Gasteiger partial charge in [-0.25, -0.2) is 0 Å². The number of aliphatic hydroxyl groups excluding tert-OH is 1. The highest BCUT2D eigenvalue weighted by Crippen LogP contribution is 2.18. The molecule has 17 heavy (non-hydrogen) atoms. The fourth-order valence-corrected chi connectivity index (χ4v) is 2.37. The first kappa shape index (κ1) is 12.6. The average Bonchev–Trinajstić information content (AvgIpc) is 2.82. The third-order valence-corrected chi connectivity index (χ3v) is 3.49. The first-order valence-corrected chi connectivity index (χ1v) is 6.39. The average molecular weight is 234 g/mol. The first-order valence-electron chi connectivity index (χ1n) is 6.39. The summed E-state index contributed by atoms with van der Waals surface area (Å²) in [6, 6.07) is 7.76. The molecule has 2 atom stereocenters. The summed E-state index contributed by atoms with van der Waals surface area (Å²) >= 11 is 0. The second-order valence-corrected chi connectivity index (χ2v) is 5.03. The van der Waals surface area contributed by atoms with Gasteiger partial charge >= 0.3 is 0 Å². The molecule has 2 rings (SSSR count). The standard InChI is InChI=1S/C14H22N2O/c1-11-4-6-12(7-5-11)14(17)13(15)10-16-8-2-3-9-16/h4-7,13-14,17H,2-3,8-10,15H2,1H3/t13-,14-/m1/s1. The van der Waals surface area contributed by atoms with Crippen LogP contribution in [0.4, 0.5) is 0 Å². The van der Waals surface area contributed by atoms with Gasteiger partial charge in [-0.05, 0) is 38.4 Å².